The molecule has 0 spiro atoms. The maximum Gasteiger partial charge on any atom is 0.231 e. The quantitative estimate of drug-likeness (QED) is 0.304. The van der Waals surface area contributed by atoms with E-state index in [1.54, 1.807) is 14.2 Å². The smallest absolute Gasteiger partial charge is 0.231 e. The number of hydrogen-bond acceptors (Lipinski definition) is 7. The molecule has 2 aromatic carbocycles. The van der Waals surface area contributed by atoms with Gasteiger partial charge in [-0.2, -0.15) is 0 Å². The van der Waals surface area contributed by atoms with Gasteiger partial charge in [0.05, 0.1) is 14.2 Å². The molecule has 0 radical (unpaired) electrons. The van der Waals surface area contributed by atoms with E-state index < -0.39 is 0 Å². The van der Waals surface area contributed by atoms with Crippen molar-refractivity contribution in [3.05, 3.63) is 53.3 Å². The van der Waals surface area contributed by atoms with Crippen molar-refractivity contribution in [2.75, 3.05) is 54.2 Å². The standard InChI is InChI=1S/C27H33N3O4.3ClH.6H2O/c1-29(9-5-20-15-28-16-21-12-24(31-2)25(32-3)14-23(20)21)7-4-8-30-10-6-19-11-26-27(34-18-33-26)13-22(19)17-30;;;;;;;;;/h11-16H,4-10,17-18H2,1-3H3;3*1H;6*1H2. The molecular formula is C27H48Cl3N3O10. The second kappa shape index (κ2) is 23.0. The topological polar surface area (TPSA) is 245 Å². The molecule has 0 unspecified atom stereocenters. The summed E-state index contributed by atoms with van der Waals surface area (Å²) in [5.74, 6) is 3.27. The molecule has 0 bridgehead atoms. The Balaban J connectivity index is -0.000000535. The van der Waals surface area contributed by atoms with Gasteiger partial charge in [-0.05, 0) is 85.7 Å². The fraction of sp³-hybridized carbons (Fsp3) is 0.444. The number of fused-ring (bicyclic) bond motifs is 3. The lowest BCUT2D eigenvalue weighted by atomic mass is 9.99. The van der Waals surface area contributed by atoms with Crippen LogP contribution >= 0.6 is 37.2 Å². The third-order valence-electron chi connectivity index (χ3n) is 6.91. The van der Waals surface area contributed by atoms with Gasteiger partial charge in [0.2, 0.25) is 6.79 Å². The van der Waals surface area contributed by atoms with Crippen molar-refractivity contribution in [3.8, 4) is 23.0 Å². The summed E-state index contributed by atoms with van der Waals surface area (Å²) < 4.78 is 22.0. The van der Waals surface area contributed by atoms with Crippen LogP contribution in [0.3, 0.4) is 0 Å². The molecule has 43 heavy (non-hydrogen) atoms. The van der Waals surface area contributed by atoms with E-state index in [9.17, 15) is 0 Å². The van der Waals surface area contributed by atoms with Gasteiger partial charge in [0, 0.05) is 37.4 Å². The van der Waals surface area contributed by atoms with Crippen molar-refractivity contribution < 1.29 is 51.8 Å². The van der Waals surface area contributed by atoms with Gasteiger partial charge in [0.15, 0.2) is 23.0 Å². The normalized spacial score (nSPS) is 11.9. The molecule has 12 N–H and O–H groups in total. The number of benzene rings is 2. The average molecular weight is 681 g/mol. The number of hydrogen-bond donors (Lipinski definition) is 0. The zero-order chi connectivity index (χ0) is 23.5. The number of likely N-dealkylation sites (N-methyl/N-ethyl adjacent to an activating group) is 1. The molecule has 3 aromatic rings. The molecule has 0 fully saturated rings. The first kappa shape index (κ1) is 50.2. The van der Waals surface area contributed by atoms with Crippen LogP contribution in [0.2, 0.25) is 0 Å². The van der Waals surface area contributed by atoms with Crippen LogP contribution in [-0.4, -0.2) is 102 Å². The van der Waals surface area contributed by atoms with Crippen molar-refractivity contribution in [1.29, 1.82) is 0 Å². The fourth-order valence-electron chi connectivity index (χ4n) is 4.94. The van der Waals surface area contributed by atoms with Crippen molar-refractivity contribution in [1.82, 2.24) is 14.8 Å². The van der Waals surface area contributed by atoms with Gasteiger partial charge >= 0.3 is 0 Å². The summed E-state index contributed by atoms with van der Waals surface area (Å²) >= 11 is 0. The van der Waals surface area contributed by atoms with Crippen LogP contribution in [-0.2, 0) is 19.4 Å². The van der Waals surface area contributed by atoms with E-state index in [-0.39, 0.29) is 70.1 Å². The highest BCUT2D eigenvalue weighted by molar-refractivity contribution is 5.88. The summed E-state index contributed by atoms with van der Waals surface area (Å²) in [4.78, 5) is 9.41. The number of methoxy groups -OCH3 is 2. The predicted molar refractivity (Wildman–Crippen MR) is 176 cm³/mol. The first-order valence-corrected chi connectivity index (χ1v) is 12.0. The van der Waals surface area contributed by atoms with Gasteiger partial charge in [0.25, 0.3) is 0 Å². The number of halogens is 3. The Hall–Kier alpha value is -2.40. The Kier molecular flexibility index (Phi) is 26.9. The maximum absolute atomic E-state index is 5.56. The second-order valence-corrected chi connectivity index (χ2v) is 9.13. The van der Waals surface area contributed by atoms with E-state index >= 15 is 0 Å². The van der Waals surface area contributed by atoms with E-state index in [0.29, 0.717) is 6.79 Å². The summed E-state index contributed by atoms with van der Waals surface area (Å²) in [6, 6.07) is 8.39. The highest BCUT2D eigenvalue weighted by atomic mass is 35.5. The van der Waals surface area contributed by atoms with Crippen molar-refractivity contribution in [2.24, 2.45) is 0 Å². The largest absolute Gasteiger partial charge is 0.493 e. The van der Waals surface area contributed by atoms with E-state index in [1.807, 2.05) is 18.5 Å². The highest BCUT2D eigenvalue weighted by Crippen LogP contribution is 2.37. The molecule has 2 aliphatic heterocycles. The lowest BCUT2D eigenvalue weighted by molar-refractivity contribution is 0.174. The summed E-state index contributed by atoms with van der Waals surface area (Å²) in [6.45, 7) is 5.59. The molecule has 0 amide bonds. The minimum absolute atomic E-state index is 0. The van der Waals surface area contributed by atoms with Crippen LogP contribution in [0.5, 0.6) is 23.0 Å². The molecule has 3 heterocycles. The third-order valence-corrected chi connectivity index (χ3v) is 6.91. The van der Waals surface area contributed by atoms with E-state index in [2.05, 4.69) is 40.0 Å². The zero-order valence-corrected chi connectivity index (χ0v) is 27.0. The maximum atomic E-state index is 5.56. The lowest BCUT2D eigenvalue weighted by Gasteiger charge is -2.29. The molecule has 0 saturated heterocycles. The first-order valence-electron chi connectivity index (χ1n) is 12.0. The molecule has 2 aliphatic rings. The molecule has 16 heteroatoms. The van der Waals surface area contributed by atoms with Gasteiger partial charge < -0.3 is 56.7 Å². The summed E-state index contributed by atoms with van der Waals surface area (Å²) in [7, 11) is 5.54. The highest BCUT2D eigenvalue weighted by Gasteiger charge is 2.22. The molecule has 0 saturated carbocycles. The van der Waals surface area contributed by atoms with Crippen LogP contribution in [0.1, 0.15) is 23.1 Å². The second-order valence-electron chi connectivity index (χ2n) is 9.13. The number of aromatic nitrogens is 1. The number of ether oxygens (including phenoxy) is 4. The Morgan fingerprint density at radius 3 is 2.05 bits per heavy atom. The minimum Gasteiger partial charge on any atom is -0.493 e. The fourth-order valence-corrected chi connectivity index (χ4v) is 4.94. The first-order chi connectivity index (χ1) is 16.6. The number of pyridine rings is 1. The van der Waals surface area contributed by atoms with Gasteiger partial charge in [0.1, 0.15) is 0 Å². The Morgan fingerprint density at radius 1 is 0.814 bits per heavy atom. The SMILES string of the molecule is COc1cc2cncc(CCN(C)CCCN3CCc4cc5c(cc4C3)OCO5)c2cc1OC.Cl.Cl.Cl.O.O.O.O.O.O. The molecule has 1 aromatic heterocycles. The van der Waals surface area contributed by atoms with Crippen LogP contribution in [0.15, 0.2) is 36.7 Å². The van der Waals surface area contributed by atoms with Crippen molar-refractivity contribution in [3.63, 3.8) is 0 Å². The summed E-state index contributed by atoms with van der Waals surface area (Å²) in [5.41, 5.74) is 4.01. The Bertz CT molecular complexity index is 1200. The van der Waals surface area contributed by atoms with Crippen LogP contribution in [0.4, 0.5) is 0 Å². The molecular weight excluding hydrogens is 633 g/mol. The molecule has 13 nitrogen and oxygen atoms in total. The Morgan fingerprint density at radius 2 is 1.42 bits per heavy atom. The van der Waals surface area contributed by atoms with Crippen LogP contribution in [0, 0.1) is 0 Å². The number of rotatable bonds is 9. The molecule has 252 valence electrons. The van der Waals surface area contributed by atoms with Crippen molar-refractivity contribution in [2.45, 2.75) is 25.8 Å². The average Bonchev–Trinajstić information content (AvgIpc) is 3.32. The van der Waals surface area contributed by atoms with Crippen LogP contribution in [0.25, 0.3) is 10.8 Å². The van der Waals surface area contributed by atoms with Gasteiger partial charge in [-0.3, -0.25) is 9.88 Å². The van der Waals surface area contributed by atoms with E-state index in [4.69, 9.17) is 18.9 Å². The third kappa shape index (κ3) is 11.6. The van der Waals surface area contributed by atoms with Gasteiger partial charge in [-0.15, -0.1) is 37.2 Å². The molecule has 0 atom stereocenters. The summed E-state index contributed by atoms with van der Waals surface area (Å²) in [6.07, 6.45) is 7.02. The van der Waals surface area contributed by atoms with Crippen molar-refractivity contribution >= 4 is 48.0 Å². The van der Waals surface area contributed by atoms with Crippen LogP contribution < -0.4 is 18.9 Å². The zero-order valence-electron chi connectivity index (χ0n) is 24.5. The monoisotopic (exact) mass is 679 g/mol. The summed E-state index contributed by atoms with van der Waals surface area (Å²) in [5, 5.41) is 2.25. The molecule has 0 aliphatic carbocycles. The van der Waals surface area contributed by atoms with E-state index in [1.165, 1.54) is 22.1 Å². The molecule has 5 rings (SSSR count). The minimum atomic E-state index is 0. The lowest BCUT2D eigenvalue weighted by Crippen LogP contribution is -2.33. The predicted octanol–water partition coefficient (Wildman–Crippen LogP) is 0.221. The van der Waals surface area contributed by atoms with E-state index in [0.717, 1.165) is 80.4 Å². The van der Waals surface area contributed by atoms with Gasteiger partial charge in [-0.25, -0.2) is 0 Å². The van der Waals surface area contributed by atoms with Gasteiger partial charge in [-0.1, -0.05) is 0 Å². The Labute approximate surface area is 270 Å². The number of nitrogens with zero attached hydrogens (tertiary/aromatic N) is 3.